The molecule has 1 heterocycles. The van der Waals surface area contributed by atoms with Crippen LogP contribution in [-0.4, -0.2) is 52.6 Å². The lowest BCUT2D eigenvalue weighted by molar-refractivity contribution is -0.136. The van der Waals surface area contributed by atoms with Gasteiger partial charge in [0.25, 0.3) is 5.91 Å². The molecule has 1 aromatic heterocycles. The van der Waals surface area contributed by atoms with E-state index in [4.69, 9.17) is 14.5 Å². The van der Waals surface area contributed by atoms with Crippen LogP contribution in [0.2, 0.25) is 0 Å². The number of nitrogens with one attached hydrogen (secondary N) is 1. The van der Waals surface area contributed by atoms with E-state index in [1.165, 1.54) is 7.11 Å². The van der Waals surface area contributed by atoms with Crippen molar-refractivity contribution in [2.24, 2.45) is 0 Å². The van der Waals surface area contributed by atoms with Crippen LogP contribution in [-0.2, 0) is 17.9 Å². The second-order valence-electron chi connectivity index (χ2n) is 8.67. The summed E-state index contributed by atoms with van der Waals surface area (Å²) in [6.07, 6.45) is 1.77. The number of rotatable bonds is 11. The number of carbonyl (C=O) groups excluding carboxylic acids is 2. The number of benzene rings is 2. The van der Waals surface area contributed by atoms with Gasteiger partial charge in [0.05, 0.1) is 31.8 Å². The Labute approximate surface area is 207 Å². The number of para-hydroxylation sites is 2. The molecular formula is C27H36N4O4. The molecule has 0 aliphatic carbocycles. The third-order valence-electron chi connectivity index (χ3n) is 6.50. The zero-order valence-corrected chi connectivity index (χ0v) is 21.5. The molecule has 1 N–H and O–H groups in total. The minimum Gasteiger partial charge on any atom is -0.493 e. The second kappa shape index (κ2) is 11.7. The van der Waals surface area contributed by atoms with E-state index in [0.29, 0.717) is 22.9 Å². The molecule has 0 fully saturated rings. The zero-order valence-electron chi connectivity index (χ0n) is 21.5. The summed E-state index contributed by atoms with van der Waals surface area (Å²) in [7, 11) is 3.08. The molecule has 2 atom stereocenters. The Kier molecular flexibility index (Phi) is 8.73. The van der Waals surface area contributed by atoms with Crippen molar-refractivity contribution >= 4 is 22.8 Å². The minimum absolute atomic E-state index is 0.0457. The molecule has 3 rings (SSSR count). The first kappa shape index (κ1) is 26.1. The molecule has 2 amide bonds. The van der Waals surface area contributed by atoms with E-state index >= 15 is 0 Å². The maximum absolute atomic E-state index is 13.5. The standard InChI is InChI=1S/C27H36N4O4/c1-7-18(3)31(19(4)8-2)26(32)17-30-22-12-10-9-11-21(22)29-25(30)16-28-27(33)20-13-14-23(34-5)24(15-20)35-6/h9-15,18-19H,7-8,16-17H2,1-6H3,(H,28,33). The third kappa shape index (κ3) is 5.75. The fraction of sp³-hybridized carbons (Fsp3) is 0.444. The molecule has 188 valence electrons. The Balaban J connectivity index is 1.86. The number of amides is 2. The van der Waals surface area contributed by atoms with Crippen molar-refractivity contribution in [1.29, 1.82) is 0 Å². The first-order chi connectivity index (χ1) is 16.8. The molecule has 0 spiro atoms. The highest BCUT2D eigenvalue weighted by molar-refractivity contribution is 5.95. The van der Waals surface area contributed by atoms with E-state index in [1.54, 1.807) is 25.3 Å². The summed E-state index contributed by atoms with van der Waals surface area (Å²) in [5.41, 5.74) is 2.10. The summed E-state index contributed by atoms with van der Waals surface area (Å²) in [5, 5.41) is 2.93. The van der Waals surface area contributed by atoms with Crippen LogP contribution >= 0.6 is 0 Å². The first-order valence-electron chi connectivity index (χ1n) is 12.1. The van der Waals surface area contributed by atoms with Gasteiger partial charge in [0.15, 0.2) is 11.5 Å². The molecule has 3 aromatic rings. The summed E-state index contributed by atoms with van der Waals surface area (Å²) < 4.78 is 12.5. The van der Waals surface area contributed by atoms with Crippen LogP contribution in [0.3, 0.4) is 0 Å². The van der Waals surface area contributed by atoms with Crippen LogP contribution in [0.15, 0.2) is 42.5 Å². The van der Waals surface area contributed by atoms with E-state index in [0.717, 1.165) is 23.9 Å². The molecular weight excluding hydrogens is 444 g/mol. The molecule has 2 unspecified atom stereocenters. The number of ether oxygens (including phenoxy) is 2. The summed E-state index contributed by atoms with van der Waals surface area (Å²) in [6, 6.07) is 13.0. The van der Waals surface area contributed by atoms with Crippen molar-refractivity contribution in [2.75, 3.05) is 14.2 Å². The number of aromatic nitrogens is 2. The van der Waals surface area contributed by atoms with Gasteiger partial charge in [-0.25, -0.2) is 4.98 Å². The van der Waals surface area contributed by atoms with Gasteiger partial charge in [-0.15, -0.1) is 0 Å². The summed E-state index contributed by atoms with van der Waals surface area (Å²) in [5.74, 6) is 1.44. The average molecular weight is 481 g/mol. The summed E-state index contributed by atoms with van der Waals surface area (Å²) >= 11 is 0. The lowest BCUT2D eigenvalue weighted by Crippen LogP contribution is -2.46. The Morgan fingerprint density at radius 3 is 2.29 bits per heavy atom. The minimum atomic E-state index is -0.267. The first-order valence-corrected chi connectivity index (χ1v) is 12.1. The van der Waals surface area contributed by atoms with Gasteiger partial charge >= 0.3 is 0 Å². The Morgan fingerprint density at radius 1 is 1.00 bits per heavy atom. The maximum atomic E-state index is 13.5. The topological polar surface area (TPSA) is 85.7 Å². The zero-order chi connectivity index (χ0) is 25.5. The lowest BCUT2D eigenvalue weighted by atomic mass is 10.1. The lowest BCUT2D eigenvalue weighted by Gasteiger charge is -2.34. The van der Waals surface area contributed by atoms with Gasteiger partial charge in [-0.3, -0.25) is 9.59 Å². The molecule has 0 saturated heterocycles. The third-order valence-corrected chi connectivity index (χ3v) is 6.50. The van der Waals surface area contributed by atoms with Crippen LogP contribution in [0.4, 0.5) is 0 Å². The molecule has 0 radical (unpaired) electrons. The number of carbonyl (C=O) groups is 2. The van der Waals surface area contributed by atoms with Gasteiger partial charge in [-0.2, -0.15) is 0 Å². The molecule has 0 bridgehead atoms. The second-order valence-corrected chi connectivity index (χ2v) is 8.67. The molecule has 35 heavy (non-hydrogen) atoms. The van der Waals surface area contributed by atoms with Gasteiger partial charge in [-0.05, 0) is 57.0 Å². The molecule has 8 nitrogen and oxygen atoms in total. The Hall–Kier alpha value is -3.55. The molecule has 0 aliphatic rings. The van der Waals surface area contributed by atoms with Crippen LogP contribution < -0.4 is 14.8 Å². The van der Waals surface area contributed by atoms with Crippen molar-refractivity contribution in [1.82, 2.24) is 19.8 Å². The van der Waals surface area contributed by atoms with Gasteiger partial charge in [-0.1, -0.05) is 26.0 Å². The smallest absolute Gasteiger partial charge is 0.251 e. The van der Waals surface area contributed by atoms with E-state index in [1.807, 2.05) is 33.7 Å². The number of nitrogens with zero attached hydrogens (tertiary/aromatic N) is 3. The fourth-order valence-corrected chi connectivity index (χ4v) is 4.21. The number of methoxy groups -OCH3 is 2. The molecule has 0 aliphatic heterocycles. The summed E-state index contributed by atoms with van der Waals surface area (Å²) in [4.78, 5) is 33.0. The Morgan fingerprint density at radius 2 is 1.66 bits per heavy atom. The molecule has 2 aromatic carbocycles. The number of fused-ring (bicyclic) bond motifs is 1. The summed E-state index contributed by atoms with van der Waals surface area (Å²) in [6.45, 7) is 8.70. The van der Waals surface area contributed by atoms with Crippen molar-refractivity contribution < 1.29 is 19.1 Å². The number of hydrogen-bond acceptors (Lipinski definition) is 5. The van der Waals surface area contributed by atoms with E-state index in [2.05, 4.69) is 33.0 Å². The highest BCUT2D eigenvalue weighted by Gasteiger charge is 2.25. The highest BCUT2D eigenvalue weighted by atomic mass is 16.5. The average Bonchev–Trinajstić information content (AvgIpc) is 3.23. The van der Waals surface area contributed by atoms with Crippen molar-refractivity contribution in [3.05, 3.63) is 53.9 Å². The normalized spacial score (nSPS) is 12.7. The highest BCUT2D eigenvalue weighted by Crippen LogP contribution is 2.27. The van der Waals surface area contributed by atoms with E-state index in [-0.39, 0.29) is 37.0 Å². The van der Waals surface area contributed by atoms with Gasteiger partial charge < -0.3 is 24.3 Å². The van der Waals surface area contributed by atoms with Crippen LogP contribution in [0, 0.1) is 0 Å². The van der Waals surface area contributed by atoms with Crippen LogP contribution in [0.25, 0.3) is 11.0 Å². The molecule has 0 saturated carbocycles. The van der Waals surface area contributed by atoms with E-state index in [9.17, 15) is 9.59 Å². The van der Waals surface area contributed by atoms with Crippen molar-refractivity contribution in [3.63, 3.8) is 0 Å². The number of imidazole rings is 1. The maximum Gasteiger partial charge on any atom is 0.251 e. The Bertz CT molecular complexity index is 1160. The van der Waals surface area contributed by atoms with Crippen molar-refractivity contribution in [3.8, 4) is 11.5 Å². The predicted octanol–water partition coefficient (Wildman–Crippen LogP) is 4.41. The molecule has 8 heteroatoms. The van der Waals surface area contributed by atoms with Crippen LogP contribution in [0.5, 0.6) is 11.5 Å². The van der Waals surface area contributed by atoms with Gasteiger partial charge in [0, 0.05) is 17.6 Å². The van der Waals surface area contributed by atoms with Gasteiger partial charge in [0.2, 0.25) is 5.91 Å². The van der Waals surface area contributed by atoms with Gasteiger partial charge in [0.1, 0.15) is 12.4 Å². The monoisotopic (exact) mass is 480 g/mol. The predicted molar refractivity (Wildman–Crippen MR) is 137 cm³/mol. The fourth-order valence-electron chi connectivity index (χ4n) is 4.21. The SMILES string of the molecule is CCC(C)N(C(=O)Cn1c(CNC(=O)c2ccc(OC)c(OC)c2)nc2ccccc21)C(C)CC. The van der Waals surface area contributed by atoms with Crippen LogP contribution in [0.1, 0.15) is 56.7 Å². The van der Waals surface area contributed by atoms with E-state index < -0.39 is 0 Å². The quantitative estimate of drug-likeness (QED) is 0.439. The van der Waals surface area contributed by atoms with Crippen molar-refractivity contribution in [2.45, 2.75) is 65.7 Å². The largest absolute Gasteiger partial charge is 0.493 e. The number of hydrogen-bond donors (Lipinski definition) is 1.